The Morgan fingerprint density at radius 1 is 1.19 bits per heavy atom. The summed E-state index contributed by atoms with van der Waals surface area (Å²) in [5, 5.41) is 0. The predicted molar refractivity (Wildman–Crippen MR) is 144 cm³/mol. The number of rotatable bonds is 11. The van der Waals surface area contributed by atoms with Gasteiger partial charge in [-0.1, -0.05) is 56.5 Å². The van der Waals surface area contributed by atoms with E-state index in [9.17, 15) is 13.2 Å². The summed E-state index contributed by atoms with van der Waals surface area (Å²) < 4.78 is 41.6. The molecule has 0 bridgehead atoms. The standard InChI is InChI=1S/C28H39N3O5S/c1-3-4-6-10-21(2)31-18-24(20-35-19-22-11-7-5-8-12-22)36-26-17-23(14-15-27(26)37(31,33)34)30-16-9-13-25(30)28(29)32/h5,7-8,11-12,14-15,17,21,24-25H,3-4,6,9-10,13,16,18-20H2,1-2H3,(H2,29,32)/t21-,24-,25-/m0/s1. The van der Waals surface area contributed by atoms with Gasteiger partial charge in [0.15, 0.2) is 0 Å². The SMILES string of the molecule is CCCCC[C@H](C)N1C[C@@H](COCc2ccccc2)Oc2cc(N3CCC[C@H]3C(N)=O)ccc2S1(=O)=O. The van der Waals surface area contributed by atoms with Crippen molar-refractivity contribution in [2.45, 2.75) is 82.1 Å². The van der Waals surface area contributed by atoms with Gasteiger partial charge >= 0.3 is 0 Å². The number of nitrogens with two attached hydrogens (primary N) is 1. The molecule has 2 aromatic rings. The Hall–Kier alpha value is -2.62. The summed E-state index contributed by atoms with van der Waals surface area (Å²) in [5.41, 5.74) is 7.41. The van der Waals surface area contributed by atoms with Crippen molar-refractivity contribution in [1.29, 1.82) is 0 Å². The van der Waals surface area contributed by atoms with Crippen molar-refractivity contribution in [1.82, 2.24) is 4.31 Å². The van der Waals surface area contributed by atoms with Gasteiger partial charge < -0.3 is 20.1 Å². The number of sulfonamides is 1. The molecule has 0 spiro atoms. The molecule has 1 fully saturated rings. The maximum atomic E-state index is 13.9. The molecule has 0 radical (unpaired) electrons. The molecule has 2 heterocycles. The minimum Gasteiger partial charge on any atom is -0.485 e. The number of unbranched alkanes of at least 4 members (excludes halogenated alkanes) is 2. The molecule has 2 N–H and O–H groups in total. The Morgan fingerprint density at radius 2 is 1.97 bits per heavy atom. The van der Waals surface area contributed by atoms with Crippen LogP contribution in [0, 0.1) is 0 Å². The largest absolute Gasteiger partial charge is 0.485 e. The fourth-order valence-electron chi connectivity index (χ4n) is 5.21. The molecule has 0 saturated carbocycles. The lowest BCUT2D eigenvalue weighted by Gasteiger charge is -2.28. The predicted octanol–water partition coefficient (Wildman–Crippen LogP) is 4.08. The van der Waals surface area contributed by atoms with E-state index < -0.39 is 22.2 Å². The zero-order valence-electron chi connectivity index (χ0n) is 21.8. The van der Waals surface area contributed by atoms with E-state index in [1.807, 2.05) is 42.2 Å². The summed E-state index contributed by atoms with van der Waals surface area (Å²) in [6.45, 7) is 5.67. The topological polar surface area (TPSA) is 102 Å². The van der Waals surface area contributed by atoms with E-state index in [0.717, 1.165) is 43.4 Å². The summed E-state index contributed by atoms with van der Waals surface area (Å²) >= 11 is 0. The first-order valence-electron chi connectivity index (χ1n) is 13.3. The van der Waals surface area contributed by atoms with Gasteiger partial charge in [0.05, 0.1) is 19.8 Å². The van der Waals surface area contributed by atoms with E-state index in [2.05, 4.69) is 6.92 Å². The number of amides is 1. The van der Waals surface area contributed by atoms with Gasteiger partial charge in [-0.2, -0.15) is 4.31 Å². The van der Waals surface area contributed by atoms with E-state index in [1.54, 1.807) is 22.5 Å². The minimum atomic E-state index is -3.79. The Kier molecular flexibility index (Phi) is 9.10. The second-order valence-corrected chi connectivity index (χ2v) is 11.9. The summed E-state index contributed by atoms with van der Waals surface area (Å²) in [4.78, 5) is 14.1. The molecule has 4 rings (SSSR count). The third kappa shape index (κ3) is 6.45. The summed E-state index contributed by atoms with van der Waals surface area (Å²) in [6, 6.07) is 14.4. The minimum absolute atomic E-state index is 0.152. The van der Waals surface area contributed by atoms with Gasteiger partial charge in [-0.25, -0.2) is 8.42 Å². The average Bonchev–Trinajstić information content (AvgIpc) is 3.34. The van der Waals surface area contributed by atoms with Crippen LogP contribution in [0.25, 0.3) is 0 Å². The van der Waals surface area contributed by atoms with E-state index in [4.69, 9.17) is 15.2 Å². The van der Waals surface area contributed by atoms with Crippen LogP contribution in [0.1, 0.15) is 57.9 Å². The summed E-state index contributed by atoms with van der Waals surface area (Å²) in [7, 11) is -3.79. The number of carbonyl (C=O) groups excluding carboxylic acids is 1. The highest BCUT2D eigenvalue weighted by atomic mass is 32.2. The fraction of sp³-hybridized carbons (Fsp3) is 0.536. The van der Waals surface area contributed by atoms with Crippen LogP contribution in [0.4, 0.5) is 5.69 Å². The number of benzene rings is 2. The van der Waals surface area contributed by atoms with Gasteiger partial charge in [0.1, 0.15) is 22.8 Å². The molecule has 202 valence electrons. The molecule has 3 atom stereocenters. The maximum Gasteiger partial charge on any atom is 0.247 e. The van der Waals surface area contributed by atoms with Crippen LogP contribution < -0.4 is 15.4 Å². The van der Waals surface area contributed by atoms with E-state index in [1.165, 1.54) is 0 Å². The van der Waals surface area contributed by atoms with Crippen molar-refractivity contribution in [3.05, 3.63) is 54.1 Å². The second kappa shape index (κ2) is 12.3. The van der Waals surface area contributed by atoms with E-state index in [-0.39, 0.29) is 30.0 Å². The molecule has 9 heteroatoms. The number of primary amides is 1. The van der Waals surface area contributed by atoms with Gasteiger partial charge in [0.25, 0.3) is 0 Å². The second-order valence-electron chi connectivity index (χ2n) is 10.0. The lowest BCUT2D eigenvalue weighted by Crippen LogP contribution is -2.44. The third-order valence-corrected chi connectivity index (χ3v) is 9.26. The van der Waals surface area contributed by atoms with Crippen molar-refractivity contribution in [3.8, 4) is 5.75 Å². The van der Waals surface area contributed by atoms with Crippen molar-refractivity contribution in [2.75, 3.05) is 24.6 Å². The Morgan fingerprint density at radius 3 is 2.70 bits per heavy atom. The van der Waals surface area contributed by atoms with Crippen LogP contribution >= 0.6 is 0 Å². The van der Waals surface area contributed by atoms with E-state index >= 15 is 0 Å². The number of ether oxygens (including phenoxy) is 2. The monoisotopic (exact) mass is 529 g/mol. The molecule has 1 saturated heterocycles. The molecule has 0 unspecified atom stereocenters. The Bertz CT molecular complexity index is 1160. The van der Waals surface area contributed by atoms with Crippen LogP contribution in [-0.2, 0) is 26.2 Å². The highest BCUT2D eigenvalue weighted by Gasteiger charge is 2.38. The number of carbonyl (C=O) groups is 1. The lowest BCUT2D eigenvalue weighted by molar-refractivity contribution is -0.119. The van der Waals surface area contributed by atoms with Crippen LogP contribution in [0.3, 0.4) is 0 Å². The van der Waals surface area contributed by atoms with Crippen LogP contribution in [0.5, 0.6) is 5.75 Å². The highest BCUT2D eigenvalue weighted by molar-refractivity contribution is 7.89. The number of nitrogens with zero attached hydrogens (tertiary/aromatic N) is 2. The summed E-state index contributed by atoms with van der Waals surface area (Å²) in [6.07, 6.45) is 4.95. The molecule has 2 aliphatic rings. The van der Waals surface area contributed by atoms with Crippen LogP contribution in [-0.4, -0.2) is 56.5 Å². The average molecular weight is 530 g/mol. The van der Waals surface area contributed by atoms with Gasteiger partial charge in [0, 0.05) is 24.3 Å². The summed E-state index contributed by atoms with van der Waals surface area (Å²) in [5.74, 6) is -0.0792. The number of anilines is 1. The van der Waals surface area contributed by atoms with Gasteiger partial charge in [-0.15, -0.1) is 0 Å². The number of hydrogen-bond acceptors (Lipinski definition) is 6. The lowest BCUT2D eigenvalue weighted by atomic mass is 10.1. The zero-order valence-corrected chi connectivity index (χ0v) is 22.7. The highest BCUT2D eigenvalue weighted by Crippen LogP contribution is 2.37. The molecular formula is C28H39N3O5S. The molecule has 2 aromatic carbocycles. The van der Waals surface area contributed by atoms with Crippen molar-refractivity contribution >= 4 is 21.6 Å². The number of hydrogen-bond donors (Lipinski definition) is 1. The molecule has 37 heavy (non-hydrogen) atoms. The third-order valence-electron chi connectivity index (χ3n) is 7.24. The van der Waals surface area contributed by atoms with Crippen molar-refractivity contribution in [3.63, 3.8) is 0 Å². The molecule has 2 aliphatic heterocycles. The smallest absolute Gasteiger partial charge is 0.247 e. The molecule has 0 aromatic heterocycles. The molecule has 0 aliphatic carbocycles. The zero-order chi connectivity index (χ0) is 26.4. The van der Waals surface area contributed by atoms with E-state index in [0.29, 0.717) is 25.3 Å². The molecule has 8 nitrogen and oxygen atoms in total. The van der Waals surface area contributed by atoms with Crippen LogP contribution in [0.15, 0.2) is 53.4 Å². The van der Waals surface area contributed by atoms with Gasteiger partial charge in [0.2, 0.25) is 15.9 Å². The van der Waals surface area contributed by atoms with Crippen molar-refractivity contribution in [2.24, 2.45) is 5.73 Å². The Balaban J connectivity index is 1.61. The first-order valence-corrected chi connectivity index (χ1v) is 14.8. The first-order chi connectivity index (χ1) is 17.8. The van der Waals surface area contributed by atoms with Gasteiger partial charge in [-0.05, 0) is 43.9 Å². The molecule has 1 amide bonds. The van der Waals surface area contributed by atoms with Gasteiger partial charge in [-0.3, -0.25) is 4.79 Å². The molecular weight excluding hydrogens is 490 g/mol. The quantitative estimate of drug-likeness (QED) is 0.440. The number of fused-ring (bicyclic) bond motifs is 1. The van der Waals surface area contributed by atoms with Crippen molar-refractivity contribution < 1.29 is 22.7 Å². The first kappa shape index (κ1) is 27.4. The fourth-order valence-corrected chi connectivity index (χ4v) is 7.01. The van der Waals surface area contributed by atoms with Crippen LogP contribution in [0.2, 0.25) is 0 Å². The maximum absolute atomic E-state index is 13.9. The Labute approximate surface area is 220 Å². The normalized spacial score (nSPS) is 22.2.